The summed E-state index contributed by atoms with van der Waals surface area (Å²) in [5.74, 6) is 0.386. The zero-order valence-corrected chi connectivity index (χ0v) is 22.3. The minimum Gasteiger partial charge on any atom is -0.484 e. The molecule has 1 unspecified atom stereocenters. The first-order valence-corrected chi connectivity index (χ1v) is 12.7. The van der Waals surface area contributed by atoms with Crippen LogP contribution in [0.3, 0.4) is 0 Å². The summed E-state index contributed by atoms with van der Waals surface area (Å²) in [4.78, 5) is 28.5. The Balaban J connectivity index is 1.89. The average molecular weight is 558 g/mol. The highest BCUT2D eigenvalue weighted by Crippen LogP contribution is 2.19. The van der Waals surface area contributed by atoms with E-state index >= 15 is 0 Å². The van der Waals surface area contributed by atoms with Crippen LogP contribution in [-0.2, 0) is 22.6 Å². The SMILES string of the molecule is CC(C)CNC(=O)C(Cc1ccccc1)N(Cc1cccc(Cl)c1)C(=O)COc1ccc(Br)cc1. The number of halogens is 2. The summed E-state index contributed by atoms with van der Waals surface area (Å²) < 4.78 is 6.69. The molecule has 184 valence electrons. The summed E-state index contributed by atoms with van der Waals surface area (Å²) in [7, 11) is 0. The van der Waals surface area contributed by atoms with Crippen molar-refractivity contribution in [2.24, 2.45) is 5.92 Å². The Hall–Kier alpha value is -2.83. The molecule has 35 heavy (non-hydrogen) atoms. The summed E-state index contributed by atoms with van der Waals surface area (Å²) in [5, 5.41) is 3.58. The number of amides is 2. The van der Waals surface area contributed by atoms with E-state index in [0.717, 1.165) is 15.6 Å². The van der Waals surface area contributed by atoms with Gasteiger partial charge in [-0.05, 0) is 53.4 Å². The Labute approximate surface area is 220 Å². The number of nitrogens with one attached hydrogen (secondary N) is 1. The van der Waals surface area contributed by atoms with Crippen LogP contribution in [0.15, 0.2) is 83.3 Å². The van der Waals surface area contributed by atoms with Crippen molar-refractivity contribution >= 4 is 39.3 Å². The fourth-order valence-electron chi connectivity index (χ4n) is 3.57. The Morgan fingerprint density at radius 1 is 0.971 bits per heavy atom. The first-order chi connectivity index (χ1) is 16.8. The molecule has 7 heteroatoms. The fraction of sp³-hybridized carbons (Fsp3) is 0.286. The predicted molar refractivity (Wildman–Crippen MR) is 143 cm³/mol. The quantitative estimate of drug-likeness (QED) is 0.320. The molecule has 0 fully saturated rings. The molecule has 0 saturated heterocycles. The summed E-state index contributed by atoms with van der Waals surface area (Å²) in [6.07, 6.45) is 0.384. The summed E-state index contributed by atoms with van der Waals surface area (Å²) >= 11 is 9.60. The standard InChI is InChI=1S/C28H30BrClN2O3/c1-20(2)17-31-28(34)26(16-21-7-4-3-5-8-21)32(18-22-9-6-10-24(30)15-22)27(33)19-35-25-13-11-23(29)12-14-25/h3-15,20,26H,16-19H2,1-2H3,(H,31,34). The molecule has 0 aliphatic carbocycles. The molecule has 0 aromatic heterocycles. The molecule has 2 amide bonds. The van der Waals surface area contributed by atoms with Crippen molar-refractivity contribution in [2.75, 3.05) is 13.2 Å². The normalized spacial score (nSPS) is 11.7. The molecular weight excluding hydrogens is 528 g/mol. The number of nitrogens with zero attached hydrogens (tertiary/aromatic N) is 1. The number of hydrogen-bond donors (Lipinski definition) is 1. The third-order valence-corrected chi connectivity index (χ3v) is 6.14. The lowest BCUT2D eigenvalue weighted by atomic mass is 10.0. The van der Waals surface area contributed by atoms with E-state index in [2.05, 4.69) is 21.2 Å². The number of rotatable bonds is 11. The van der Waals surface area contributed by atoms with E-state index < -0.39 is 6.04 Å². The van der Waals surface area contributed by atoms with Gasteiger partial charge in [-0.25, -0.2) is 0 Å². The zero-order chi connectivity index (χ0) is 25.2. The second-order valence-corrected chi connectivity index (χ2v) is 10.1. The highest BCUT2D eigenvalue weighted by atomic mass is 79.9. The molecule has 0 aliphatic heterocycles. The van der Waals surface area contributed by atoms with E-state index in [4.69, 9.17) is 16.3 Å². The van der Waals surface area contributed by atoms with E-state index in [1.54, 1.807) is 23.1 Å². The zero-order valence-electron chi connectivity index (χ0n) is 19.9. The summed E-state index contributed by atoms with van der Waals surface area (Å²) in [6.45, 7) is 4.64. The van der Waals surface area contributed by atoms with Gasteiger partial charge in [-0.15, -0.1) is 0 Å². The van der Waals surface area contributed by atoms with Gasteiger partial charge in [-0.2, -0.15) is 0 Å². The van der Waals surface area contributed by atoms with Crippen LogP contribution in [0.4, 0.5) is 0 Å². The van der Waals surface area contributed by atoms with E-state index in [9.17, 15) is 9.59 Å². The molecule has 3 aromatic rings. The highest BCUT2D eigenvalue weighted by molar-refractivity contribution is 9.10. The topological polar surface area (TPSA) is 58.6 Å². The average Bonchev–Trinajstić information content (AvgIpc) is 2.85. The van der Waals surface area contributed by atoms with Gasteiger partial charge in [0.25, 0.3) is 5.91 Å². The predicted octanol–water partition coefficient (Wildman–Crippen LogP) is 5.89. The first kappa shape index (κ1) is 26.8. The molecule has 0 radical (unpaired) electrons. The minimum absolute atomic E-state index is 0.190. The number of ether oxygens (including phenoxy) is 1. The van der Waals surface area contributed by atoms with Crippen LogP contribution in [0.1, 0.15) is 25.0 Å². The Kier molecular flexibility index (Phi) is 10.2. The van der Waals surface area contributed by atoms with E-state index in [1.165, 1.54) is 0 Å². The van der Waals surface area contributed by atoms with E-state index in [-0.39, 0.29) is 30.9 Å². The van der Waals surface area contributed by atoms with Crippen molar-refractivity contribution < 1.29 is 14.3 Å². The molecule has 3 rings (SSSR count). The number of carbonyl (C=O) groups excluding carboxylic acids is 2. The van der Waals surface area contributed by atoms with Crippen molar-refractivity contribution in [3.05, 3.63) is 99.5 Å². The molecular formula is C28H30BrClN2O3. The van der Waals surface area contributed by atoms with Crippen LogP contribution in [-0.4, -0.2) is 35.9 Å². The lowest BCUT2D eigenvalue weighted by Gasteiger charge is -2.31. The monoisotopic (exact) mass is 556 g/mol. The second kappa shape index (κ2) is 13.3. The number of hydrogen-bond acceptors (Lipinski definition) is 3. The van der Waals surface area contributed by atoms with Gasteiger partial charge >= 0.3 is 0 Å². The Morgan fingerprint density at radius 2 is 1.66 bits per heavy atom. The Bertz CT molecular complexity index is 1110. The molecule has 0 bridgehead atoms. The van der Waals surface area contributed by atoms with E-state index in [0.29, 0.717) is 23.7 Å². The Morgan fingerprint density at radius 3 is 2.31 bits per heavy atom. The first-order valence-electron chi connectivity index (χ1n) is 11.6. The second-order valence-electron chi connectivity index (χ2n) is 8.74. The summed E-state index contributed by atoms with van der Waals surface area (Å²) in [6, 6.07) is 23.6. The van der Waals surface area contributed by atoms with Crippen molar-refractivity contribution in [3.8, 4) is 5.75 Å². The van der Waals surface area contributed by atoms with Crippen molar-refractivity contribution in [1.29, 1.82) is 0 Å². The third kappa shape index (κ3) is 8.71. The van der Waals surface area contributed by atoms with E-state index in [1.807, 2.05) is 74.5 Å². The molecule has 0 aliphatic rings. The van der Waals surface area contributed by atoms with Crippen LogP contribution < -0.4 is 10.1 Å². The largest absolute Gasteiger partial charge is 0.484 e. The van der Waals surface area contributed by atoms with Crippen LogP contribution >= 0.6 is 27.5 Å². The molecule has 3 aromatic carbocycles. The van der Waals surface area contributed by atoms with Crippen LogP contribution in [0.25, 0.3) is 0 Å². The maximum Gasteiger partial charge on any atom is 0.261 e. The lowest BCUT2D eigenvalue weighted by molar-refractivity contribution is -0.142. The smallest absolute Gasteiger partial charge is 0.261 e. The van der Waals surface area contributed by atoms with Crippen LogP contribution in [0, 0.1) is 5.92 Å². The van der Waals surface area contributed by atoms with Crippen molar-refractivity contribution in [1.82, 2.24) is 10.2 Å². The molecule has 0 heterocycles. The maximum atomic E-state index is 13.5. The fourth-order valence-corrected chi connectivity index (χ4v) is 4.04. The van der Waals surface area contributed by atoms with Crippen molar-refractivity contribution in [2.45, 2.75) is 32.9 Å². The molecule has 1 N–H and O–H groups in total. The van der Waals surface area contributed by atoms with Gasteiger partial charge in [0.1, 0.15) is 11.8 Å². The number of carbonyl (C=O) groups is 2. The van der Waals surface area contributed by atoms with Gasteiger partial charge in [0.15, 0.2) is 6.61 Å². The van der Waals surface area contributed by atoms with Crippen LogP contribution in [0.2, 0.25) is 5.02 Å². The van der Waals surface area contributed by atoms with Gasteiger partial charge in [-0.3, -0.25) is 9.59 Å². The van der Waals surface area contributed by atoms with Gasteiger partial charge in [-0.1, -0.05) is 83.8 Å². The van der Waals surface area contributed by atoms with Gasteiger partial charge < -0.3 is 15.0 Å². The maximum absolute atomic E-state index is 13.5. The van der Waals surface area contributed by atoms with Gasteiger partial charge in [0.2, 0.25) is 5.91 Å². The van der Waals surface area contributed by atoms with Crippen LogP contribution in [0.5, 0.6) is 5.75 Å². The minimum atomic E-state index is -0.712. The molecule has 5 nitrogen and oxygen atoms in total. The third-order valence-electron chi connectivity index (χ3n) is 5.37. The summed E-state index contributed by atoms with van der Waals surface area (Å²) in [5.41, 5.74) is 1.80. The number of benzene rings is 3. The van der Waals surface area contributed by atoms with Gasteiger partial charge in [0.05, 0.1) is 0 Å². The molecule has 0 saturated carbocycles. The molecule has 1 atom stereocenters. The van der Waals surface area contributed by atoms with Gasteiger partial charge in [0, 0.05) is 29.0 Å². The highest BCUT2D eigenvalue weighted by Gasteiger charge is 2.30. The molecule has 0 spiro atoms. The lowest BCUT2D eigenvalue weighted by Crippen LogP contribution is -2.52. The van der Waals surface area contributed by atoms with Crippen molar-refractivity contribution in [3.63, 3.8) is 0 Å².